The van der Waals surface area contributed by atoms with Gasteiger partial charge < -0.3 is 9.15 Å². The number of amides is 1. The third kappa shape index (κ3) is 3.94. The van der Waals surface area contributed by atoms with Gasteiger partial charge in [0.2, 0.25) is 5.76 Å². The van der Waals surface area contributed by atoms with Crippen LogP contribution in [0.3, 0.4) is 0 Å². The average molecular weight is 475 g/mol. The molecule has 0 bridgehead atoms. The second kappa shape index (κ2) is 8.95. The van der Waals surface area contributed by atoms with E-state index in [-0.39, 0.29) is 11.2 Å². The van der Waals surface area contributed by atoms with Crippen LogP contribution in [0.1, 0.15) is 48.0 Å². The lowest BCUT2D eigenvalue weighted by molar-refractivity contribution is 0.0970. The SMILES string of the molecule is CC(C)CCOc1cccc(C2c3c(oc4ccccc4c3=O)C(=O)N2c2ccc(Cl)cn2)c1. The predicted molar refractivity (Wildman–Crippen MR) is 132 cm³/mol. The molecule has 4 aromatic rings. The summed E-state index contributed by atoms with van der Waals surface area (Å²) in [6, 6.07) is 17.0. The number of ether oxygens (including phenoxy) is 1. The van der Waals surface area contributed by atoms with Crippen molar-refractivity contribution in [1.29, 1.82) is 0 Å². The number of aromatic nitrogens is 1. The van der Waals surface area contributed by atoms with Crippen LogP contribution in [0.25, 0.3) is 11.0 Å². The molecule has 1 amide bonds. The molecule has 1 unspecified atom stereocenters. The third-order valence-electron chi connectivity index (χ3n) is 5.87. The van der Waals surface area contributed by atoms with Crippen LogP contribution >= 0.6 is 11.6 Å². The van der Waals surface area contributed by atoms with E-state index in [1.54, 1.807) is 36.4 Å². The number of anilines is 1. The van der Waals surface area contributed by atoms with Crippen molar-refractivity contribution in [2.24, 2.45) is 5.92 Å². The Morgan fingerprint density at radius 2 is 1.91 bits per heavy atom. The minimum Gasteiger partial charge on any atom is -0.494 e. The van der Waals surface area contributed by atoms with Crippen molar-refractivity contribution >= 4 is 34.3 Å². The lowest BCUT2D eigenvalue weighted by Crippen LogP contribution is -2.30. The summed E-state index contributed by atoms with van der Waals surface area (Å²) < 4.78 is 11.9. The van der Waals surface area contributed by atoms with Crippen molar-refractivity contribution in [3.05, 3.63) is 99.0 Å². The molecule has 34 heavy (non-hydrogen) atoms. The van der Waals surface area contributed by atoms with Crippen LogP contribution < -0.4 is 15.1 Å². The molecule has 1 aliphatic rings. The van der Waals surface area contributed by atoms with Crippen LogP contribution in [0.4, 0.5) is 5.82 Å². The van der Waals surface area contributed by atoms with Crippen molar-refractivity contribution < 1.29 is 13.9 Å². The van der Waals surface area contributed by atoms with E-state index < -0.39 is 11.9 Å². The number of rotatable bonds is 6. The Morgan fingerprint density at radius 1 is 1.09 bits per heavy atom. The summed E-state index contributed by atoms with van der Waals surface area (Å²) in [5.74, 6) is 1.17. The molecule has 5 rings (SSSR count). The van der Waals surface area contributed by atoms with Gasteiger partial charge in [-0.1, -0.05) is 49.7 Å². The number of hydrogen-bond donors (Lipinski definition) is 0. The summed E-state index contributed by atoms with van der Waals surface area (Å²) in [4.78, 5) is 33.0. The largest absolute Gasteiger partial charge is 0.494 e. The van der Waals surface area contributed by atoms with Crippen LogP contribution in [0, 0.1) is 5.92 Å². The normalized spacial score (nSPS) is 15.2. The highest BCUT2D eigenvalue weighted by molar-refractivity contribution is 6.30. The Balaban J connectivity index is 1.67. The van der Waals surface area contributed by atoms with Gasteiger partial charge in [-0.3, -0.25) is 14.5 Å². The molecule has 0 N–H and O–H groups in total. The van der Waals surface area contributed by atoms with Crippen molar-refractivity contribution in [2.75, 3.05) is 11.5 Å². The molecule has 3 heterocycles. The molecule has 0 aliphatic carbocycles. The number of carbonyl (C=O) groups is 1. The second-order valence-electron chi connectivity index (χ2n) is 8.69. The number of benzene rings is 2. The Hall–Kier alpha value is -3.64. The quantitative estimate of drug-likeness (QED) is 0.342. The molecule has 172 valence electrons. The zero-order valence-corrected chi connectivity index (χ0v) is 19.6. The number of carbonyl (C=O) groups excluding carboxylic acids is 1. The number of nitrogens with zero attached hydrogens (tertiary/aromatic N) is 2. The fraction of sp³-hybridized carbons (Fsp3) is 0.222. The van der Waals surface area contributed by atoms with Crippen molar-refractivity contribution in [2.45, 2.75) is 26.3 Å². The topological polar surface area (TPSA) is 72.6 Å². The first-order chi connectivity index (χ1) is 16.4. The highest BCUT2D eigenvalue weighted by atomic mass is 35.5. The standard InChI is InChI=1S/C27H23ClN2O4/c1-16(2)12-13-33-19-7-5-6-17(14-19)24-23-25(31)20-8-3-4-9-21(20)34-26(23)27(32)30(24)22-11-10-18(28)15-29-22/h3-11,14-16,24H,12-13H2,1-2H3. The first kappa shape index (κ1) is 22.2. The summed E-state index contributed by atoms with van der Waals surface area (Å²) in [5.41, 5.74) is 1.15. The van der Waals surface area contributed by atoms with Gasteiger partial charge in [0.15, 0.2) is 5.43 Å². The number of pyridine rings is 1. The molecule has 1 aliphatic heterocycles. The monoisotopic (exact) mass is 474 g/mol. The molecule has 0 fully saturated rings. The van der Waals surface area contributed by atoms with Gasteiger partial charge >= 0.3 is 0 Å². The van der Waals surface area contributed by atoms with Gasteiger partial charge in [-0.2, -0.15) is 0 Å². The maximum absolute atomic E-state index is 13.6. The molecule has 2 aromatic heterocycles. The van der Waals surface area contributed by atoms with Crippen LogP contribution in [0.2, 0.25) is 5.02 Å². The predicted octanol–water partition coefficient (Wildman–Crippen LogP) is 6.02. The summed E-state index contributed by atoms with van der Waals surface area (Å²) in [6.07, 6.45) is 2.40. The summed E-state index contributed by atoms with van der Waals surface area (Å²) in [5, 5.41) is 0.874. The Kier molecular flexibility index (Phi) is 5.84. The highest BCUT2D eigenvalue weighted by Gasteiger charge is 2.44. The van der Waals surface area contributed by atoms with Crippen LogP contribution in [0.5, 0.6) is 5.75 Å². The first-order valence-electron chi connectivity index (χ1n) is 11.2. The van der Waals surface area contributed by atoms with E-state index in [9.17, 15) is 9.59 Å². The van der Waals surface area contributed by atoms with Gasteiger partial charge in [0.05, 0.1) is 28.6 Å². The average Bonchev–Trinajstić information content (AvgIpc) is 3.12. The van der Waals surface area contributed by atoms with Gasteiger partial charge in [-0.05, 0) is 54.3 Å². The van der Waals surface area contributed by atoms with E-state index in [1.807, 2.05) is 24.3 Å². The second-order valence-corrected chi connectivity index (χ2v) is 9.12. The van der Waals surface area contributed by atoms with E-state index in [0.29, 0.717) is 45.6 Å². The van der Waals surface area contributed by atoms with E-state index >= 15 is 0 Å². The summed E-state index contributed by atoms with van der Waals surface area (Å²) >= 11 is 6.03. The highest BCUT2D eigenvalue weighted by Crippen LogP contribution is 2.41. The van der Waals surface area contributed by atoms with Crippen molar-refractivity contribution in [3.8, 4) is 5.75 Å². The summed E-state index contributed by atoms with van der Waals surface area (Å²) in [6.45, 7) is 4.86. The van der Waals surface area contributed by atoms with E-state index in [2.05, 4.69) is 18.8 Å². The number of hydrogen-bond acceptors (Lipinski definition) is 5. The molecular formula is C27H23ClN2O4. The number of halogens is 1. The lowest BCUT2D eigenvalue weighted by atomic mass is 9.98. The fourth-order valence-electron chi connectivity index (χ4n) is 4.17. The molecule has 0 saturated carbocycles. The van der Waals surface area contributed by atoms with Gasteiger partial charge in [0.1, 0.15) is 17.2 Å². The van der Waals surface area contributed by atoms with Gasteiger partial charge in [0.25, 0.3) is 5.91 Å². The van der Waals surface area contributed by atoms with Gasteiger partial charge in [0, 0.05) is 6.20 Å². The van der Waals surface area contributed by atoms with Crippen LogP contribution in [-0.2, 0) is 0 Å². The zero-order chi connectivity index (χ0) is 23.8. The van der Waals surface area contributed by atoms with Crippen molar-refractivity contribution in [3.63, 3.8) is 0 Å². The number of para-hydroxylation sites is 1. The smallest absolute Gasteiger partial charge is 0.296 e. The first-order valence-corrected chi connectivity index (χ1v) is 11.6. The van der Waals surface area contributed by atoms with Gasteiger partial charge in [-0.15, -0.1) is 0 Å². The molecule has 7 heteroatoms. The van der Waals surface area contributed by atoms with Crippen molar-refractivity contribution in [1.82, 2.24) is 4.98 Å². The molecule has 0 radical (unpaired) electrons. The molecule has 0 saturated heterocycles. The minimum absolute atomic E-state index is 0.0246. The molecule has 2 aromatic carbocycles. The maximum atomic E-state index is 13.6. The molecule has 6 nitrogen and oxygen atoms in total. The van der Waals surface area contributed by atoms with E-state index in [1.165, 1.54) is 11.1 Å². The Labute approximate surface area is 201 Å². The van der Waals surface area contributed by atoms with E-state index in [0.717, 1.165) is 12.0 Å². The zero-order valence-electron chi connectivity index (χ0n) is 18.8. The maximum Gasteiger partial charge on any atom is 0.296 e. The molecule has 0 spiro atoms. The minimum atomic E-state index is -0.717. The van der Waals surface area contributed by atoms with E-state index in [4.69, 9.17) is 20.8 Å². The Bertz CT molecular complexity index is 1430. The Morgan fingerprint density at radius 3 is 2.68 bits per heavy atom. The van der Waals surface area contributed by atoms with Gasteiger partial charge in [-0.25, -0.2) is 4.98 Å². The number of fused-ring (bicyclic) bond motifs is 2. The molecular weight excluding hydrogens is 452 g/mol. The third-order valence-corrected chi connectivity index (χ3v) is 6.10. The lowest BCUT2D eigenvalue weighted by Gasteiger charge is -2.24. The molecule has 1 atom stereocenters. The van der Waals surface area contributed by atoms with Crippen LogP contribution in [0.15, 0.2) is 76.1 Å². The van der Waals surface area contributed by atoms with Crippen LogP contribution in [-0.4, -0.2) is 17.5 Å². The fourth-order valence-corrected chi connectivity index (χ4v) is 4.28. The summed E-state index contributed by atoms with van der Waals surface area (Å²) in [7, 11) is 0.